The Bertz CT molecular complexity index is 803. The van der Waals surface area contributed by atoms with Crippen LogP contribution in [0.4, 0.5) is 0 Å². The molecule has 126 valence electrons. The Balaban J connectivity index is 2.26. The molecule has 0 saturated carbocycles. The molecule has 0 spiro atoms. The second-order valence-corrected chi connectivity index (χ2v) is 6.09. The van der Waals surface area contributed by atoms with Crippen LogP contribution in [-0.2, 0) is 23.9 Å². The van der Waals surface area contributed by atoms with Crippen molar-refractivity contribution in [3.05, 3.63) is 39.0 Å². The van der Waals surface area contributed by atoms with Gasteiger partial charge in [-0.15, -0.1) is 0 Å². The normalized spacial score (nSPS) is 24.3. The second kappa shape index (κ2) is 5.59. The van der Waals surface area contributed by atoms with E-state index in [1.807, 2.05) is 0 Å². The van der Waals surface area contributed by atoms with Gasteiger partial charge in [0, 0.05) is 10.0 Å². The summed E-state index contributed by atoms with van der Waals surface area (Å²) in [5.41, 5.74) is -2.22. The minimum atomic E-state index is -2.25. The molecule has 0 radical (unpaired) electrons. The van der Waals surface area contributed by atoms with Crippen molar-refractivity contribution in [1.82, 2.24) is 0 Å². The van der Waals surface area contributed by atoms with Gasteiger partial charge in [-0.25, -0.2) is 9.59 Å². The maximum Gasteiger partial charge on any atom is 0.405 e. The molecular weight excluding hydrogens is 386 g/mol. The van der Waals surface area contributed by atoms with Crippen LogP contribution in [0.1, 0.15) is 28.8 Å². The fraction of sp³-hybridized carbons (Fsp3) is 0.333. The van der Waals surface area contributed by atoms with Crippen molar-refractivity contribution in [3.8, 4) is 0 Å². The number of carbonyl (C=O) groups is 3. The number of ether oxygens (including phenoxy) is 2. The van der Waals surface area contributed by atoms with E-state index in [1.54, 1.807) is 19.1 Å². The first-order chi connectivity index (χ1) is 11.4. The van der Waals surface area contributed by atoms with Gasteiger partial charge in [0.15, 0.2) is 5.78 Å². The number of nitrogens with zero attached hydrogens (tertiary/aromatic N) is 1. The van der Waals surface area contributed by atoms with Gasteiger partial charge in [-0.1, -0.05) is 15.9 Å². The van der Waals surface area contributed by atoms with Crippen LogP contribution >= 0.6 is 15.9 Å². The van der Waals surface area contributed by atoms with Crippen LogP contribution in [0.2, 0.25) is 0 Å². The van der Waals surface area contributed by atoms with Gasteiger partial charge in [0.1, 0.15) is 5.92 Å². The largest absolute Gasteiger partial charge is 0.464 e. The Kier molecular flexibility index (Phi) is 3.83. The summed E-state index contributed by atoms with van der Waals surface area (Å²) in [5.74, 6) is -3.97. The Morgan fingerprint density at radius 1 is 1.46 bits per heavy atom. The summed E-state index contributed by atoms with van der Waals surface area (Å²) >= 11 is 3.27. The lowest BCUT2D eigenvalue weighted by Gasteiger charge is -2.24. The van der Waals surface area contributed by atoms with Crippen LogP contribution in [-0.4, -0.2) is 47.7 Å². The van der Waals surface area contributed by atoms with Gasteiger partial charge in [0.25, 0.3) is 5.60 Å². The lowest BCUT2D eigenvalue weighted by Crippen LogP contribution is -2.50. The van der Waals surface area contributed by atoms with Crippen molar-refractivity contribution in [1.29, 1.82) is 0 Å². The zero-order valence-corrected chi connectivity index (χ0v) is 14.3. The van der Waals surface area contributed by atoms with E-state index in [4.69, 9.17) is 9.57 Å². The number of ketones is 1. The third kappa shape index (κ3) is 1.97. The predicted molar refractivity (Wildman–Crippen MR) is 82.3 cm³/mol. The summed E-state index contributed by atoms with van der Waals surface area (Å²) in [6, 6.07) is 4.67. The molecule has 1 aliphatic heterocycles. The van der Waals surface area contributed by atoms with Crippen LogP contribution < -0.4 is 0 Å². The van der Waals surface area contributed by atoms with Gasteiger partial charge in [-0.2, -0.15) is 0 Å². The first-order valence-corrected chi connectivity index (χ1v) is 7.80. The van der Waals surface area contributed by atoms with Gasteiger partial charge in [0.2, 0.25) is 0 Å². The molecule has 8 nitrogen and oxygen atoms in total. The fourth-order valence-corrected chi connectivity index (χ4v) is 3.41. The van der Waals surface area contributed by atoms with Gasteiger partial charge in [0.05, 0.1) is 18.6 Å². The van der Waals surface area contributed by atoms with Crippen molar-refractivity contribution in [2.75, 3.05) is 13.7 Å². The molecule has 0 fully saturated rings. The fourth-order valence-electron chi connectivity index (χ4n) is 3.03. The molecule has 1 aromatic carbocycles. The van der Waals surface area contributed by atoms with Crippen LogP contribution in [0.3, 0.4) is 0 Å². The number of halogens is 1. The molecule has 0 unspecified atom stereocenters. The van der Waals surface area contributed by atoms with Crippen LogP contribution in [0, 0.1) is 5.21 Å². The number of fused-ring (bicyclic) bond motifs is 3. The highest BCUT2D eigenvalue weighted by atomic mass is 79.9. The lowest BCUT2D eigenvalue weighted by atomic mass is 9.84. The minimum Gasteiger partial charge on any atom is -0.464 e. The number of rotatable bonds is 3. The lowest BCUT2D eigenvalue weighted by molar-refractivity contribution is -0.743. The Labute approximate surface area is 144 Å². The van der Waals surface area contributed by atoms with Gasteiger partial charge in [-0.05, 0) is 30.7 Å². The molecule has 0 N–H and O–H groups in total. The molecule has 0 aromatic heterocycles. The smallest absolute Gasteiger partial charge is 0.405 e. The Hall–Kier alpha value is -2.42. The predicted octanol–water partition coefficient (Wildman–Crippen LogP) is 1.10. The van der Waals surface area contributed by atoms with Crippen LogP contribution in [0.5, 0.6) is 0 Å². The Morgan fingerprint density at radius 3 is 2.79 bits per heavy atom. The molecule has 9 heteroatoms. The number of benzene rings is 1. The van der Waals surface area contributed by atoms with Gasteiger partial charge in [-0.3, -0.25) is 10.0 Å². The summed E-state index contributed by atoms with van der Waals surface area (Å²) in [6.07, 6.45) is 0. The van der Waals surface area contributed by atoms with Crippen molar-refractivity contribution in [2.45, 2.75) is 18.4 Å². The second-order valence-electron chi connectivity index (χ2n) is 5.18. The van der Waals surface area contributed by atoms with E-state index in [-0.39, 0.29) is 17.1 Å². The molecule has 3 rings (SSSR count). The average Bonchev–Trinajstić information content (AvgIpc) is 2.98. The van der Waals surface area contributed by atoms with Crippen LogP contribution in [0.15, 0.2) is 22.7 Å². The number of esters is 2. The maximum absolute atomic E-state index is 12.9. The quantitative estimate of drug-likeness (QED) is 0.427. The molecular formula is C15H12BrNO7. The summed E-state index contributed by atoms with van der Waals surface area (Å²) in [4.78, 5) is 42.3. The van der Waals surface area contributed by atoms with E-state index < -0.39 is 35.0 Å². The van der Waals surface area contributed by atoms with E-state index in [0.29, 0.717) is 10.0 Å². The Morgan fingerprint density at radius 2 is 2.17 bits per heavy atom. The summed E-state index contributed by atoms with van der Waals surface area (Å²) in [7, 11) is 1.09. The average molecular weight is 398 g/mol. The topological polar surface area (TPSA) is 105 Å². The highest BCUT2D eigenvalue weighted by Gasteiger charge is 2.70. The van der Waals surface area contributed by atoms with E-state index in [1.165, 1.54) is 6.07 Å². The van der Waals surface area contributed by atoms with Crippen molar-refractivity contribution in [3.63, 3.8) is 0 Å². The number of hydrogen-bond acceptors (Lipinski definition) is 7. The highest BCUT2D eigenvalue weighted by molar-refractivity contribution is 9.10. The SMILES string of the molecule is CCOC(=O)[C@@]12O[N+]([O-])=C(C(=O)OC)[C@@H]1c1cc(Br)ccc1C2=O. The molecule has 1 heterocycles. The molecule has 1 aliphatic carbocycles. The highest BCUT2D eigenvalue weighted by Crippen LogP contribution is 2.49. The number of hydrogen-bond donors (Lipinski definition) is 0. The first kappa shape index (κ1) is 16.4. The first-order valence-electron chi connectivity index (χ1n) is 7.01. The summed E-state index contributed by atoms with van der Waals surface area (Å²) < 4.78 is 10.2. The standard InChI is InChI=1S/C15H12BrNO7/c1-3-23-14(20)15-10(11(13(19)22-2)17(21)24-15)9-6-7(16)4-5-8(9)12(15)18/h4-6,10H,3H2,1-2H3/t10-,15+/m0/s1. The monoisotopic (exact) mass is 397 g/mol. The molecule has 24 heavy (non-hydrogen) atoms. The zero-order chi connectivity index (χ0) is 17.6. The number of Topliss-reactive ketones (excluding diaryl/α,β-unsaturated/α-hetero) is 1. The van der Waals surface area contributed by atoms with E-state index in [0.717, 1.165) is 7.11 Å². The van der Waals surface area contributed by atoms with E-state index in [9.17, 15) is 19.6 Å². The van der Waals surface area contributed by atoms with Crippen molar-refractivity contribution >= 4 is 39.4 Å². The van der Waals surface area contributed by atoms with E-state index >= 15 is 0 Å². The third-order valence-electron chi connectivity index (χ3n) is 3.98. The van der Waals surface area contributed by atoms with Crippen molar-refractivity contribution in [2.24, 2.45) is 0 Å². The summed E-state index contributed by atoms with van der Waals surface area (Å²) in [5, 5.41) is 12.1. The number of carbonyl (C=O) groups excluding carboxylic acids is 3. The van der Waals surface area contributed by atoms with Gasteiger partial charge < -0.3 is 14.3 Å². The molecule has 1 aromatic rings. The van der Waals surface area contributed by atoms with E-state index in [2.05, 4.69) is 20.7 Å². The molecule has 2 atom stereocenters. The maximum atomic E-state index is 12.9. The number of methoxy groups -OCH3 is 1. The molecule has 2 aliphatic rings. The van der Waals surface area contributed by atoms with Crippen LogP contribution in [0.25, 0.3) is 0 Å². The molecule has 0 bridgehead atoms. The van der Waals surface area contributed by atoms with Gasteiger partial charge >= 0.3 is 17.7 Å². The zero-order valence-electron chi connectivity index (χ0n) is 12.7. The third-order valence-corrected chi connectivity index (χ3v) is 4.48. The minimum absolute atomic E-state index is 0.0175. The summed E-state index contributed by atoms with van der Waals surface area (Å²) in [6.45, 7) is 1.54. The molecule has 0 saturated heterocycles. The molecule has 0 amide bonds. The van der Waals surface area contributed by atoms with Crippen molar-refractivity contribution < 1.29 is 33.6 Å².